The molecule has 0 saturated carbocycles. The highest BCUT2D eigenvalue weighted by Crippen LogP contribution is 2.20. The number of urea groups is 1. The number of carbonyl (C=O) groups is 1. The third-order valence-electron chi connectivity index (χ3n) is 3.59. The first-order valence-corrected chi connectivity index (χ1v) is 8.41. The van der Waals surface area contributed by atoms with E-state index in [-0.39, 0.29) is 6.03 Å². The molecule has 0 aliphatic carbocycles. The van der Waals surface area contributed by atoms with E-state index in [0.717, 1.165) is 11.3 Å². The maximum absolute atomic E-state index is 12.1. The van der Waals surface area contributed by atoms with Crippen molar-refractivity contribution in [2.45, 2.75) is 20.3 Å². The standard InChI is InChI=1S/C19H20N4O3/c1-3-17-22-18(23-26-17)13-5-7-14(8-6-13)20-19(24)21-15-9-11-16(12-10-15)25-4-2/h5-12H,3-4H2,1-2H3,(H2,20,21,24). The van der Waals surface area contributed by atoms with Crippen molar-refractivity contribution < 1.29 is 14.1 Å². The largest absolute Gasteiger partial charge is 0.494 e. The molecule has 0 bridgehead atoms. The maximum atomic E-state index is 12.1. The smallest absolute Gasteiger partial charge is 0.323 e. The first-order valence-electron chi connectivity index (χ1n) is 8.41. The molecule has 1 aromatic heterocycles. The second-order valence-electron chi connectivity index (χ2n) is 5.48. The number of aryl methyl sites for hydroxylation is 1. The molecule has 2 aromatic carbocycles. The number of amides is 2. The topological polar surface area (TPSA) is 89.3 Å². The zero-order valence-corrected chi connectivity index (χ0v) is 14.7. The molecule has 1 heterocycles. The lowest BCUT2D eigenvalue weighted by molar-refractivity contribution is 0.262. The normalized spacial score (nSPS) is 10.4. The number of hydrogen-bond acceptors (Lipinski definition) is 5. The molecule has 3 rings (SSSR count). The Balaban J connectivity index is 1.58. The molecule has 0 fully saturated rings. The number of benzene rings is 2. The molecule has 0 aliphatic rings. The van der Waals surface area contributed by atoms with Crippen molar-refractivity contribution >= 4 is 17.4 Å². The first kappa shape index (κ1) is 17.5. The quantitative estimate of drug-likeness (QED) is 0.689. The van der Waals surface area contributed by atoms with Gasteiger partial charge in [-0.1, -0.05) is 12.1 Å². The van der Waals surface area contributed by atoms with Gasteiger partial charge < -0.3 is 19.9 Å². The molecule has 7 heteroatoms. The minimum atomic E-state index is -0.324. The highest BCUT2D eigenvalue weighted by molar-refractivity contribution is 5.99. The SMILES string of the molecule is CCOc1ccc(NC(=O)Nc2ccc(-c3noc(CC)n3)cc2)cc1. The third kappa shape index (κ3) is 4.38. The highest BCUT2D eigenvalue weighted by atomic mass is 16.5. The van der Waals surface area contributed by atoms with E-state index in [1.54, 1.807) is 24.3 Å². The van der Waals surface area contributed by atoms with Crippen LogP contribution < -0.4 is 15.4 Å². The molecule has 0 aliphatic heterocycles. The van der Waals surface area contributed by atoms with Crippen molar-refractivity contribution in [3.8, 4) is 17.1 Å². The van der Waals surface area contributed by atoms with Crippen LogP contribution in [0.1, 0.15) is 19.7 Å². The van der Waals surface area contributed by atoms with Crippen LogP contribution in [0.4, 0.5) is 16.2 Å². The van der Waals surface area contributed by atoms with E-state index in [4.69, 9.17) is 9.26 Å². The van der Waals surface area contributed by atoms with Crippen molar-refractivity contribution in [1.29, 1.82) is 0 Å². The van der Waals surface area contributed by atoms with Crippen molar-refractivity contribution in [2.75, 3.05) is 17.2 Å². The van der Waals surface area contributed by atoms with Crippen LogP contribution in [0.2, 0.25) is 0 Å². The Hall–Kier alpha value is -3.35. The summed E-state index contributed by atoms with van der Waals surface area (Å²) in [5.41, 5.74) is 2.17. The predicted molar refractivity (Wildman–Crippen MR) is 99.4 cm³/mol. The number of rotatable bonds is 6. The van der Waals surface area contributed by atoms with Gasteiger partial charge in [-0.3, -0.25) is 0 Å². The van der Waals surface area contributed by atoms with Gasteiger partial charge >= 0.3 is 6.03 Å². The van der Waals surface area contributed by atoms with Gasteiger partial charge in [0.15, 0.2) is 0 Å². The van der Waals surface area contributed by atoms with Gasteiger partial charge in [-0.05, 0) is 55.5 Å². The number of anilines is 2. The summed E-state index contributed by atoms with van der Waals surface area (Å²) >= 11 is 0. The highest BCUT2D eigenvalue weighted by Gasteiger charge is 2.08. The molecule has 0 unspecified atom stereocenters. The van der Waals surface area contributed by atoms with Crippen molar-refractivity contribution in [3.63, 3.8) is 0 Å². The van der Waals surface area contributed by atoms with Gasteiger partial charge in [0.25, 0.3) is 0 Å². The summed E-state index contributed by atoms with van der Waals surface area (Å²) < 4.78 is 10.5. The van der Waals surface area contributed by atoms with E-state index in [1.165, 1.54) is 0 Å². The Bertz CT molecular complexity index is 857. The van der Waals surface area contributed by atoms with Crippen LogP contribution >= 0.6 is 0 Å². The van der Waals surface area contributed by atoms with Gasteiger partial charge in [0.1, 0.15) is 5.75 Å². The van der Waals surface area contributed by atoms with Crippen LogP contribution in [0.3, 0.4) is 0 Å². The Labute approximate surface area is 151 Å². The Morgan fingerprint density at radius 2 is 1.62 bits per heavy atom. The minimum Gasteiger partial charge on any atom is -0.494 e. The van der Waals surface area contributed by atoms with Crippen LogP contribution in [0.25, 0.3) is 11.4 Å². The number of nitrogens with zero attached hydrogens (tertiary/aromatic N) is 2. The van der Waals surface area contributed by atoms with Crippen LogP contribution in [0.15, 0.2) is 53.1 Å². The van der Waals surface area contributed by atoms with Crippen LogP contribution in [-0.4, -0.2) is 22.8 Å². The van der Waals surface area contributed by atoms with Gasteiger partial charge in [0.05, 0.1) is 6.61 Å². The van der Waals surface area contributed by atoms with Gasteiger partial charge in [-0.25, -0.2) is 4.79 Å². The average molecular weight is 352 g/mol. The molecular formula is C19H20N4O3. The maximum Gasteiger partial charge on any atom is 0.323 e. The second-order valence-corrected chi connectivity index (χ2v) is 5.48. The molecule has 134 valence electrons. The number of ether oxygens (including phenoxy) is 1. The minimum absolute atomic E-state index is 0.324. The van der Waals surface area contributed by atoms with E-state index < -0.39 is 0 Å². The van der Waals surface area contributed by atoms with Crippen molar-refractivity contribution in [3.05, 3.63) is 54.4 Å². The molecule has 0 saturated heterocycles. The molecule has 2 amide bonds. The lowest BCUT2D eigenvalue weighted by atomic mass is 10.2. The fourth-order valence-electron chi connectivity index (χ4n) is 2.31. The van der Waals surface area contributed by atoms with Crippen LogP contribution in [-0.2, 0) is 6.42 Å². The second kappa shape index (κ2) is 8.15. The van der Waals surface area contributed by atoms with E-state index in [1.807, 2.05) is 38.1 Å². The van der Waals surface area contributed by atoms with E-state index in [0.29, 0.717) is 36.1 Å². The Morgan fingerprint density at radius 1 is 1.00 bits per heavy atom. The van der Waals surface area contributed by atoms with Crippen molar-refractivity contribution in [2.24, 2.45) is 0 Å². The van der Waals surface area contributed by atoms with Crippen LogP contribution in [0.5, 0.6) is 5.75 Å². The summed E-state index contributed by atoms with van der Waals surface area (Å²) in [5, 5.41) is 9.48. The zero-order chi connectivity index (χ0) is 18.4. The van der Waals surface area contributed by atoms with Crippen LogP contribution in [0, 0.1) is 0 Å². The predicted octanol–water partition coefficient (Wildman–Crippen LogP) is 4.34. The number of carbonyl (C=O) groups excluding carboxylic acids is 1. The summed E-state index contributed by atoms with van der Waals surface area (Å²) in [5.74, 6) is 1.89. The fraction of sp³-hybridized carbons (Fsp3) is 0.211. The van der Waals surface area contributed by atoms with E-state index in [2.05, 4.69) is 20.8 Å². The number of hydrogen-bond donors (Lipinski definition) is 2. The molecule has 3 aromatic rings. The third-order valence-corrected chi connectivity index (χ3v) is 3.59. The molecule has 0 spiro atoms. The van der Waals surface area contributed by atoms with E-state index in [9.17, 15) is 4.79 Å². The van der Waals surface area contributed by atoms with Gasteiger partial charge in [0.2, 0.25) is 11.7 Å². The Morgan fingerprint density at radius 3 is 2.15 bits per heavy atom. The summed E-state index contributed by atoms with van der Waals surface area (Å²) in [6.45, 7) is 4.48. The Kier molecular flexibility index (Phi) is 5.48. The van der Waals surface area contributed by atoms with E-state index >= 15 is 0 Å². The summed E-state index contributed by atoms with van der Waals surface area (Å²) in [4.78, 5) is 16.4. The van der Waals surface area contributed by atoms with Gasteiger partial charge in [0, 0.05) is 23.4 Å². The fourth-order valence-corrected chi connectivity index (χ4v) is 2.31. The molecule has 0 radical (unpaired) electrons. The van der Waals surface area contributed by atoms with Crippen molar-refractivity contribution in [1.82, 2.24) is 10.1 Å². The zero-order valence-electron chi connectivity index (χ0n) is 14.7. The average Bonchev–Trinajstić information content (AvgIpc) is 3.13. The molecule has 7 nitrogen and oxygen atoms in total. The monoisotopic (exact) mass is 352 g/mol. The summed E-state index contributed by atoms with van der Waals surface area (Å²) in [6.07, 6.45) is 0.693. The number of nitrogens with one attached hydrogen (secondary N) is 2. The van der Waals surface area contributed by atoms with Gasteiger partial charge in [-0.2, -0.15) is 4.98 Å². The molecule has 26 heavy (non-hydrogen) atoms. The molecular weight excluding hydrogens is 332 g/mol. The summed E-state index contributed by atoms with van der Waals surface area (Å²) in [7, 11) is 0. The number of aromatic nitrogens is 2. The lowest BCUT2D eigenvalue weighted by Crippen LogP contribution is -2.19. The molecule has 2 N–H and O–H groups in total. The van der Waals surface area contributed by atoms with Gasteiger partial charge in [-0.15, -0.1) is 0 Å². The first-order chi connectivity index (χ1) is 12.7. The summed E-state index contributed by atoms with van der Waals surface area (Å²) in [6, 6.07) is 14.1. The molecule has 0 atom stereocenters. The lowest BCUT2D eigenvalue weighted by Gasteiger charge is -2.09.